The number of nitrogen functional groups attached to an aromatic ring is 1. The van der Waals surface area contributed by atoms with Crippen molar-refractivity contribution in [1.29, 1.82) is 0 Å². The number of hydrogen-bond donors (Lipinski definition) is 2. The van der Waals surface area contributed by atoms with Gasteiger partial charge in [-0.2, -0.15) is 0 Å². The number of anilines is 1. The normalized spacial score (nSPS) is 10.2. The predicted molar refractivity (Wildman–Crippen MR) is 48.5 cm³/mol. The summed E-state index contributed by atoms with van der Waals surface area (Å²) in [7, 11) is 0. The molecule has 0 saturated heterocycles. The maximum Gasteiger partial charge on any atom is 0.372 e. The van der Waals surface area contributed by atoms with E-state index >= 15 is 0 Å². The van der Waals surface area contributed by atoms with Gasteiger partial charge in [0, 0.05) is 12.7 Å². The first-order valence-electron chi connectivity index (χ1n) is 4.21. The van der Waals surface area contributed by atoms with Gasteiger partial charge < -0.3 is 15.4 Å². The maximum atomic E-state index is 10.7. The molecular weight excluding hydrogens is 170 g/mol. The van der Waals surface area contributed by atoms with E-state index < -0.39 is 5.97 Å². The molecule has 1 heterocycles. The zero-order chi connectivity index (χ0) is 9.84. The van der Waals surface area contributed by atoms with E-state index in [0.29, 0.717) is 6.54 Å². The number of aromatic nitrogens is 2. The molecule has 1 aromatic rings. The van der Waals surface area contributed by atoms with Gasteiger partial charge in [-0.1, -0.05) is 13.3 Å². The summed E-state index contributed by atoms with van der Waals surface area (Å²) in [6.07, 6.45) is 3.49. The Bertz CT molecular complexity index is 306. The molecule has 0 unspecified atom stereocenters. The third-order valence-electron chi connectivity index (χ3n) is 1.74. The number of nitrogens with zero attached hydrogens (tertiary/aromatic N) is 2. The Balaban J connectivity index is 2.84. The van der Waals surface area contributed by atoms with Crippen LogP contribution in [0.4, 0.5) is 5.82 Å². The van der Waals surface area contributed by atoms with Crippen LogP contribution in [0.25, 0.3) is 0 Å². The summed E-state index contributed by atoms with van der Waals surface area (Å²) in [6.45, 7) is 2.70. The zero-order valence-electron chi connectivity index (χ0n) is 7.53. The molecule has 1 rings (SSSR count). The van der Waals surface area contributed by atoms with Gasteiger partial charge in [0.05, 0.1) is 0 Å². The summed E-state index contributed by atoms with van der Waals surface area (Å²) in [4.78, 5) is 14.4. The lowest BCUT2D eigenvalue weighted by atomic mass is 10.3. The highest BCUT2D eigenvalue weighted by Gasteiger charge is 2.12. The number of imidazole rings is 1. The van der Waals surface area contributed by atoms with Gasteiger partial charge in [0.25, 0.3) is 0 Å². The molecule has 0 bridgehead atoms. The number of hydrogen-bond acceptors (Lipinski definition) is 3. The van der Waals surface area contributed by atoms with Crippen LogP contribution in [0.3, 0.4) is 0 Å². The van der Waals surface area contributed by atoms with Crippen LogP contribution in [-0.4, -0.2) is 20.6 Å². The smallest absolute Gasteiger partial charge is 0.372 e. The standard InChI is InChI=1S/C8H13N3O2/c1-2-3-4-11-5-6(9)10-7(11)8(12)13/h5H,2-4,9H2,1H3,(H,12,13). The van der Waals surface area contributed by atoms with Crippen LogP contribution in [0.1, 0.15) is 30.4 Å². The Morgan fingerprint density at radius 1 is 1.77 bits per heavy atom. The number of unbranched alkanes of at least 4 members (excludes halogenated alkanes) is 1. The summed E-state index contributed by atoms with van der Waals surface area (Å²) in [5.74, 6) is -0.757. The van der Waals surface area contributed by atoms with Crippen LogP contribution < -0.4 is 5.73 Å². The van der Waals surface area contributed by atoms with Gasteiger partial charge >= 0.3 is 5.97 Å². The van der Waals surface area contributed by atoms with Crippen LogP contribution in [0.15, 0.2) is 6.20 Å². The lowest BCUT2D eigenvalue weighted by molar-refractivity contribution is 0.0678. The molecule has 72 valence electrons. The average Bonchev–Trinajstić information content (AvgIpc) is 2.43. The molecular formula is C8H13N3O2. The van der Waals surface area contributed by atoms with Gasteiger partial charge in [-0.3, -0.25) is 0 Å². The topological polar surface area (TPSA) is 81.1 Å². The lowest BCUT2D eigenvalue weighted by Crippen LogP contribution is -2.09. The van der Waals surface area contributed by atoms with E-state index in [9.17, 15) is 4.79 Å². The fourth-order valence-electron chi connectivity index (χ4n) is 1.11. The SMILES string of the molecule is CCCCn1cc(N)nc1C(=O)O. The van der Waals surface area contributed by atoms with Crippen molar-refractivity contribution in [2.24, 2.45) is 0 Å². The number of rotatable bonds is 4. The first kappa shape index (κ1) is 9.57. The Labute approximate surface area is 76.2 Å². The molecule has 3 N–H and O–H groups in total. The van der Waals surface area contributed by atoms with E-state index in [0.717, 1.165) is 12.8 Å². The molecule has 0 aliphatic rings. The first-order chi connectivity index (χ1) is 6.15. The quantitative estimate of drug-likeness (QED) is 0.728. The van der Waals surface area contributed by atoms with Gasteiger partial charge in [0.1, 0.15) is 5.82 Å². The lowest BCUT2D eigenvalue weighted by Gasteiger charge is -2.01. The van der Waals surface area contributed by atoms with Crippen molar-refractivity contribution >= 4 is 11.8 Å². The third-order valence-corrected chi connectivity index (χ3v) is 1.74. The predicted octanol–water partition coefficient (Wildman–Crippen LogP) is 0.964. The Morgan fingerprint density at radius 2 is 2.46 bits per heavy atom. The van der Waals surface area contributed by atoms with Gasteiger partial charge in [-0.25, -0.2) is 9.78 Å². The molecule has 0 radical (unpaired) electrons. The number of carbonyl (C=O) groups is 1. The number of aromatic carboxylic acids is 1. The highest BCUT2D eigenvalue weighted by Crippen LogP contribution is 2.06. The largest absolute Gasteiger partial charge is 0.475 e. The summed E-state index contributed by atoms with van der Waals surface area (Å²) >= 11 is 0. The van der Waals surface area contributed by atoms with Crippen LogP contribution in [0, 0.1) is 0 Å². The van der Waals surface area contributed by atoms with Crippen LogP contribution in [0.2, 0.25) is 0 Å². The fraction of sp³-hybridized carbons (Fsp3) is 0.500. The van der Waals surface area contributed by atoms with Gasteiger partial charge in [-0.05, 0) is 6.42 Å². The molecule has 13 heavy (non-hydrogen) atoms. The van der Waals surface area contributed by atoms with E-state index in [-0.39, 0.29) is 11.6 Å². The number of carboxylic acids is 1. The van der Waals surface area contributed by atoms with Gasteiger partial charge in [0.15, 0.2) is 0 Å². The van der Waals surface area contributed by atoms with Crippen molar-refractivity contribution in [3.8, 4) is 0 Å². The molecule has 5 heteroatoms. The molecule has 0 atom stereocenters. The van der Waals surface area contributed by atoms with Crippen LogP contribution >= 0.6 is 0 Å². The number of carboxylic acid groups (broad SMARTS) is 1. The molecule has 5 nitrogen and oxygen atoms in total. The Kier molecular flexibility index (Phi) is 2.89. The minimum absolute atomic E-state index is 0.0194. The van der Waals surface area contributed by atoms with E-state index in [1.807, 2.05) is 6.92 Å². The maximum absolute atomic E-state index is 10.7. The molecule has 0 fully saturated rings. The van der Waals surface area contributed by atoms with Crippen molar-refractivity contribution in [1.82, 2.24) is 9.55 Å². The van der Waals surface area contributed by atoms with Gasteiger partial charge in [-0.15, -0.1) is 0 Å². The summed E-state index contributed by atoms with van der Waals surface area (Å²) in [5.41, 5.74) is 5.39. The second-order valence-corrected chi connectivity index (χ2v) is 2.84. The second kappa shape index (κ2) is 3.93. The molecule has 0 amide bonds. The number of aryl methyl sites for hydroxylation is 1. The fourth-order valence-corrected chi connectivity index (χ4v) is 1.11. The van der Waals surface area contributed by atoms with Crippen molar-refractivity contribution in [3.63, 3.8) is 0 Å². The molecule has 0 saturated carbocycles. The zero-order valence-corrected chi connectivity index (χ0v) is 7.53. The van der Waals surface area contributed by atoms with E-state index in [2.05, 4.69) is 4.98 Å². The van der Waals surface area contributed by atoms with Gasteiger partial charge in [0.2, 0.25) is 5.82 Å². The monoisotopic (exact) mass is 183 g/mol. The third kappa shape index (κ3) is 2.21. The summed E-state index contributed by atoms with van der Waals surface area (Å²) in [6, 6.07) is 0. The molecule has 1 aromatic heterocycles. The van der Waals surface area contributed by atoms with E-state index in [1.54, 1.807) is 10.8 Å². The highest BCUT2D eigenvalue weighted by molar-refractivity contribution is 5.84. The van der Waals surface area contributed by atoms with Crippen molar-refractivity contribution in [2.45, 2.75) is 26.3 Å². The van der Waals surface area contributed by atoms with Crippen molar-refractivity contribution in [3.05, 3.63) is 12.0 Å². The minimum Gasteiger partial charge on any atom is -0.475 e. The minimum atomic E-state index is -1.03. The molecule has 0 aromatic carbocycles. The Hall–Kier alpha value is -1.52. The highest BCUT2D eigenvalue weighted by atomic mass is 16.4. The van der Waals surface area contributed by atoms with E-state index in [4.69, 9.17) is 10.8 Å². The number of nitrogens with two attached hydrogens (primary N) is 1. The van der Waals surface area contributed by atoms with E-state index in [1.165, 1.54) is 0 Å². The second-order valence-electron chi connectivity index (χ2n) is 2.84. The Morgan fingerprint density at radius 3 is 3.00 bits per heavy atom. The van der Waals surface area contributed by atoms with Crippen molar-refractivity contribution in [2.75, 3.05) is 5.73 Å². The van der Waals surface area contributed by atoms with Crippen LogP contribution in [-0.2, 0) is 6.54 Å². The average molecular weight is 183 g/mol. The molecule has 0 aliphatic carbocycles. The molecule has 0 aliphatic heterocycles. The van der Waals surface area contributed by atoms with Crippen molar-refractivity contribution < 1.29 is 9.90 Å². The first-order valence-corrected chi connectivity index (χ1v) is 4.21. The van der Waals surface area contributed by atoms with Crippen LogP contribution in [0.5, 0.6) is 0 Å². The molecule has 0 spiro atoms. The summed E-state index contributed by atoms with van der Waals surface area (Å²) in [5, 5.41) is 8.74. The summed E-state index contributed by atoms with van der Waals surface area (Å²) < 4.78 is 1.57.